The third-order valence-electron chi connectivity index (χ3n) is 2.38. The summed E-state index contributed by atoms with van der Waals surface area (Å²) in [5.74, 6) is 0.344. The monoisotopic (exact) mass is 208 g/mol. The Hall–Kier alpha value is -1.12. The van der Waals surface area contributed by atoms with Crippen LogP contribution in [0.5, 0.6) is 0 Å². The van der Waals surface area contributed by atoms with E-state index in [9.17, 15) is 4.79 Å². The van der Waals surface area contributed by atoms with Crippen LogP contribution in [0.15, 0.2) is 12.3 Å². The third kappa shape index (κ3) is 3.86. The second-order valence-corrected chi connectivity index (χ2v) is 4.17. The lowest BCUT2D eigenvalue weighted by atomic mass is 10.1. The zero-order valence-electron chi connectivity index (χ0n) is 9.86. The Bertz CT molecular complexity index is 315. The maximum Gasteiger partial charge on any atom is 0.133 e. The minimum atomic E-state index is 0.344. The number of nitrogens with zero attached hydrogens (tertiary/aromatic N) is 2. The molecule has 0 spiro atoms. The van der Waals surface area contributed by atoms with E-state index in [1.807, 2.05) is 23.9 Å². The standard InChI is InChI=1S/C12H20N2O/c1-4-5-12(15)7-6-11-8-9-14(13-11)10(2)3/h8-10H,4-7H2,1-3H3. The number of aryl methyl sites for hydroxylation is 1. The van der Waals surface area contributed by atoms with Crippen molar-refractivity contribution in [3.63, 3.8) is 0 Å². The smallest absolute Gasteiger partial charge is 0.133 e. The van der Waals surface area contributed by atoms with E-state index in [-0.39, 0.29) is 0 Å². The van der Waals surface area contributed by atoms with Gasteiger partial charge in [0.05, 0.1) is 5.69 Å². The zero-order valence-corrected chi connectivity index (χ0v) is 9.86. The summed E-state index contributed by atoms with van der Waals surface area (Å²) >= 11 is 0. The number of ketones is 1. The summed E-state index contributed by atoms with van der Waals surface area (Å²) in [6.45, 7) is 6.23. The third-order valence-corrected chi connectivity index (χ3v) is 2.38. The first-order chi connectivity index (χ1) is 7.13. The largest absolute Gasteiger partial charge is 0.300 e. The fraction of sp³-hybridized carbons (Fsp3) is 0.667. The van der Waals surface area contributed by atoms with Crippen LogP contribution in [-0.2, 0) is 11.2 Å². The van der Waals surface area contributed by atoms with Gasteiger partial charge in [0, 0.05) is 25.1 Å². The van der Waals surface area contributed by atoms with Gasteiger partial charge in [0.25, 0.3) is 0 Å². The molecule has 0 aliphatic rings. The van der Waals surface area contributed by atoms with Crippen molar-refractivity contribution in [2.24, 2.45) is 0 Å². The first-order valence-electron chi connectivity index (χ1n) is 5.69. The zero-order chi connectivity index (χ0) is 11.3. The molecule has 3 nitrogen and oxygen atoms in total. The highest BCUT2D eigenvalue weighted by Crippen LogP contribution is 2.07. The normalized spacial score (nSPS) is 10.9. The van der Waals surface area contributed by atoms with Crippen LogP contribution < -0.4 is 0 Å². The van der Waals surface area contributed by atoms with E-state index >= 15 is 0 Å². The summed E-state index contributed by atoms with van der Waals surface area (Å²) in [4.78, 5) is 11.3. The Morgan fingerprint density at radius 3 is 2.73 bits per heavy atom. The summed E-state index contributed by atoms with van der Waals surface area (Å²) in [5.41, 5.74) is 1.02. The van der Waals surface area contributed by atoms with Crippen LogP contribution in [0.1, 0.15) is 51.8 Å². The van der Waals surface area contributed by atoms with Gasteiger partial charge in [-0.3, -0.25) is 9.48 Å². The van der Waals surface area contributed by atoms with E-state index in [0.717, 1.165) is 18.5 Å². The topological polar surface area (TPSA) is 34.9 Å². The van der Waals surface area contributed by atoms with Gasteiger partial charge in [0.15, 0.2) is 0 Å². The van der Waals surface area contributed by atoms with Crippen molar-refractivity contribution in [3.8, 4) is 0 Å². The maximum atomic E-state index is 11.3. The lowest BCUT2D eigenvalue weighted by Gasteiger charge is -2.03. The van der Waals surface area contributed by atoms with Crippen LogP contribution in [0.2, 0.25) is 0 Å². The highest BCUT2D eigenvalue weighted by atomic mass is 16.1. The Morgan fingerprint density at radius 1 is 1.47 bits per heavy atom. The van der Waals surface area contributed by atoms with E-state index in [2.05, 4.69) is 18.9 Å². The molecule has 0 aliphatic heterocycles. The molecule has 0 aromatic carbocycles. The fourth-order valence-electron chi connectivity index (χ4n) is 1.47. The van der Waals surface area contributed by atoms with Crippen molar-refractivity contribution in [3.05, 3.63) is 18.0 Å². The molecule has 0 saturated heterocycles. The summed E-state index contributed by atoms with van der Waals surface area (Å²) in [7, 11) is 0. The van der Waals surface area contributed by atoms with Crippen LogP contribution in [0.4, 0.5) is 0 Å². The SMILES string of the molecule is CCCC(=O)CCc1ccn(C(C)C)n1. The number of carbonyl (C=O) groups excluding carboxylic acids is 1. The highest BCUT2D eigenvalue weighted by molar-refractivity contribution is 5.78. The second kappa shape index (κ2) is 5.69. The first-order valence-corrected chi connectivity index (χ1v) is 5.69. The lowest BCUT2D eigenvalue weighted by Crippen LogP contribution is -2.03. The van der Waals surface area contributed by atoms with Crippen molar-refractivity contribution in [2.75, 3.05) is 0 Å². The summed E-state index contributed by atoms with van der Waals surface area (Å²) in [5, 5.41) is 4.41. The molecular formula is C12H20N2O. The Labute approximate surface area is 91.5 Å². The van der Waals surface area contributed by atoms with Gasteiger partial charge in [-0.2, -0.15) is 5.10 Å². The Balaban J connectivity index is 2.41. The minimum absolute atomic E-state index is 0.344. The number of Topliss-reactive ketones (excluding diaryl/α,β-unsaturated/α-hetero) is 1. The van der Waals surface area contributed by atoms with Crippen LogP contribution in [0.3, 0.4) is 0 Å². The van der Waals surface area contributed by atoms with Crippen molar-refractivity contribution in [1.82, 2.24) is 9.78 Å². The molecule has 3 heteroatoms. The van der Waals surface area contributed by atoms with Gasteiger partial charge in [0.2, 0.25) is 0 Å². The highest BCUT2D eigenvalue weighted by Gasteiger charge is 2.05. The van der Waals surface area contributed by atoms with Crippen molar-refractivity contribution < 1.29 is 4.79 Å². The molecule has 1 rings (SSSR count). The number of rotatable bonds is 6. The number of aromatic nitrogens is 2. The average Bonchev–Trinajstić information content (AvgIpc) is 2.63. The molecule has 84 valence electrons. The van der Waals surface area contributed by atoms with Crippen molar-refractivity contribution >= 4 is 5.78 Å². The fourth-order valence-corrected chi connectivity index (χ4v) is 1.47. The lowest BCUT2D eigenvalue weighted by molar-refractivity contribution is -0.119. The van der Waals surface area contributed by atoms with E-state index in [4.69, 9.17) is 0 Å². The van der Waals surface area contributed by atoms with E-state index < -0.39 is 0 Å². The molecule has 0 atom stereocenters. The van der Waals surface area contributed by atoms with Gasteiger partial charge in [-0.1, -0.05) is 6.92 Å². The summed E-state index contributed by atoms with van der Waals surface area (Å²) in [6.07, 6.45) is 5.02. The minimum Gasteiger partial charge on any atom is -0.300 e. The van der Waals surface area contributed by atoms with E-state index in [1.165, 1.54) is 0 Å². The number of hydrogen-bond donors (Lipinski definition) is 0. The molecule has 0 N–H and O–H groups in total. The average molecular weight is 208 g/mol. The van der Waals surface area contributed by atoms with Crippen LogP contribution in [-0.4, -0.2) is 15.6 Å². The van der Waals surface area contributed by atoms with E-state index in [0.29, 0.717) is 24.7 Å². The van der Waals surface area contributed by atoms with Crippen LogP contribution >= 0.6 is 0 Å². The summed E-state index contributed by atoms with van der Waals surface area (Å²) < 4.78 is 1.93. The van der Waals surface area contributed by atoms with E-state index in [1.54, 1.807) is 0 Å². The molecule has 0 bridgehead atoms. The molecule has 0 amide bonds. The first kappa shape index (κ1) is 12.0. The maximum absolute atomic E-state index is 11.3. The van der Waals surface area contributed by atoms with Crippen molar-refractivity contribution in [2.45, 2.75) is 52.5 Å². The number of hydrogen-bond acceptors (Lipinski definition) is 2. The molecule has 0 fully saturated rings. The van der Waals surface area contributed by atoms with Crippen LogP contribution in [0.25, 0.3) is 0 Å². The molecule has 0 radical (unpaired) electrons. The molecule has 1 aromatic heterocycles. The van der Waals surface area contributed by atoms with Gasteiger partial charge >= 0.3 is 0 Å². The van der Waals surface area contributed by atoms with Gasteiger partial charge in [-0.15, -0.1) is 0 Å². The number of carbonyl (C=O) groups is 1. The van der Waals surface area contributed by atoms with Gasteiger partial charge in [-0.25, -0.2) is 0 Å². The predicted octanol–water partition coefficient (Wildman–Crippen LogP) is 2.77. The molecule has 1 aromatic rings. The predicted molar refractivity (Wildman–Crippen MR) is 60.8 cm³/mol. The molecule has 0 saturated carbocycles. The van der Waals surface area contributed by atoms with Gasteiger partial charge in [0.1, 0.15) is 5.78 Å². The van der Waals surface area contributed by atoms with Gasteiger partial charge < -0.3 is 0 Å². The molecule has 1 heterocycles. The Kier molecular flexibility index (Phi) is 4.53. The molecular weight excluding hydrogens is 188 g/mol. The van der Waals surface area contributed by atoms with Gasteiger partial charge in [-0.05, 0) is 32.8 Å². The molecule has 15 heavy (non-hydrogen) atoms. The molecule has 0 aliphatic carbocycles. The molecule has 0 unspecified atom stereocenters. The second-order valence-electron chi connectivity index (χ2n) is 4.17. The summed E-state index contributed by atoms with van der Waals surface area (Å²) in [6, 6.07) is 2.39. The van der Waals surface area contributed by atoms with Crippen LogP contribution in [0, 0.1) is 0 Å². The Morgan fingerprint density at radius 2 is 2.20 bits per heavy atom. The quantitative estimate of drug-likeness (QED) is 0.720. The van der Waals surface area contributed by atoms with Crippen molar-refractivity contribution in [1.29, 1.82) is 0 Å².